The van der Waals surface area contributed by atoms with E-state index in [1.54, 1.807) is 22.6 Å². The molecule has 2 aliphatic rings. The summed E-state index contributed by atoms with van der Waals surface area (Å²) in [5.74, 6) is 1.07. The molecule has 2 aromatic rings. The summed E-state index contributed by atoms with van der Waals surface area (Å²) in [5, 5.41) is 10.1. The third kappa shape index (κ3) is 4.83. The lowest BCUT2D eigenvalue weighted by Gasteiger charge is -2.35. The predicted octanol–water partition coefficient (Wildman–Crippen LogP) is 5.58. The number of fused-ring (bicyclic) bond motifs is 3. The molecule has 0 unspecified atom stereocenters. The van der Waals surface area contributed by atoms with Gasteiger partial charge in [0.2, 0.25) is 5.88 Å². The van der Waals surface area contributed by atoms with Crippen molar-refractivity contribution in [1.29, 1.82) is 5.26 Å². The van der Waals surface area contributed by atoms with Crippen LogP contribution in [0.4, 0.5) is 4.79 Å². The summed E-state index contributed by atoms with van der Waals surface area (Å²) >= 11 is 1.74. The van der Waals surface area contributed by atoms with Gasteiger partial charge in [0.15, 0.2) is 0 Å². The van der Waals surface area contributed by atoms with Crippen molar-refractivity contribution >= 4 is 27.6 Å². The first-order valence-corrected chi connectivity index (χ1v) is 12.3. The Labute approximate surface area is 193 Å². The van der Waals surface area contributed by atoms with Crippen LogP contribution in [0.1, 0.15) is 82.1 Å². The molecule has 0 bridgehead atoms. The van der Waals surface area contributed by atoms with Crippen molar-refractivity contribution in [3.05, 3.63) is 16.8 Å². The summed E-state index contributed by atoms with van der Waals surface area (Å²) < 4.78 is 11.9. The number of thiophene rings is 1. The van der Waals surface area contributed by atoms with Gasteiger partial charge in [0.05, 0.1) is 11.5 Å². The van der Waals surface area contributed by atoms with Crippen molar-refractivity contribution in [2.24, 2.45) is 0 Å². The molecule has 0 spiro atoms. The fraction of sp³-hybridized carbons (Fsp3) is 0.667. The Hall–Kier alpha value is -2.40. The summed E-state index contributed by atoms with van der Waals surface area (Å²) in [6.07, 6.45) is 8.48. The van der Waals surface area contributed by atoms with Crippen LogP contribution in [0.5, 0.6) is 5.88 Å². The highest BCUT2D eigenvalue weighted by molar-refractivity contribution is 7.19. The monoisotopic (exact) mass is 456 g/mol. The molecule has 32 heavy (non-hydrogen) atoms. The van der Waals surface area contributed by atoms with E-state index in [0.717, 1.165) is 55.2 Å². The van der Waals surface area contributed by atoms with E-state index < -0.39 is 5.60 Å². The molecule has 2 heterocycles. The maximum Gasteiger partial charge on any atom is 0.410 e. The Morgan fingerprint density at radius 1 is 1.25 bits per heavy atom. The van der Waals surface area contributed by atoms with Gasteiger partial charge in [-0.25, -0.2) is 14.8 Å². The normalized spacial score (nSPS) is 22.9. The minimum atomic E-state index is -0.490. The number of hydrogen-bond donors (Lipinski definition) is 0. The van der Waals surface area contributed by atoms with E-state index >= 15 is 0 Å². The molecule has 172 valence electrons. The van der Waals surface area contributed by atoms with E-state index in [0.29, 0.717) is 18.2 Å². The average Bonchev–Trinajstić information content (AvgIpc) is 3.30. The molecule has 0 saturated heterocycles. The second kappa shape index (κ2) is 9.22. The lowest BCUT2D eigenvalue weighted by Crippen LogP contribution is -2.43. The van der Waals surface area contributed by atoms with Gasteiger partial charge in [-0.3, -0.25) is 0 Å². The molecule has 2 aliphatic carbocycles. The van der Waals surface area contributed by atoms with E-state index in [1.807, 2.05) is 27.8 Å². The number of carbonyl (C=O) groups is 1. The van der Waals surface area contributed by atoms with Crippen molar-refractivity contribution in [2.45, 2.75) is 95.8 Å². The van der Waals surface area contributed by atoms with Gasteiger partial charge in [0.1, 0.15) is 22.9 Å². The van der Waals surface area contributed by atoms with Gasteiger partial charge in [0, 0.05) is 24.4 Å². The minimum Gasteiger partial charge on any atom is -0.474 e. The molecule has 0 N–H and O–H groups in total. The molecule has 1 saturated carbocycles. The van der Waals surface area contributed by atoms with Crippen molar-refractivity contribution < 1.29 is 14.3 Å². The highest BCUT2D eigenvalue weighted by Gasteiger charge is 2.33. The first-order chi connectivity index (χ1) is 15.3. The van der Waals surface area contributed by atoms with Crippen molar-refractivity contribution in [2.75, 3.05) is 7.05 Å². The van der Waals surface area contributed by atoms with Gasteiger partial charge in [-0.1, -0.05) is 0 Å². The quantitative estimate of drug-likeness (QED) is 0.583. The molecule has 1 atom stereocenters. The zero-order chi connectivity index (χ0) is 22.9. The van der Waals surface area contributed by atoms with Gasteiger partial charge in [-0.05, 0) is 77.2 Å². The molecule has 8 heteroatoms. The minimum absolute atomic E-state index is 0.0749. The van der Waals surface area contributed by atoms with Crippen LogP contribution < -0.4 is 4.74 Å². The van der Waals surface area contributed by atoms with Crippen LogP contribution in [0, 0.1) is 11.3 Å². The Morgan fingerprint density at radius 3 is 2.69 bits per heavy atom. The number of carbonyl (C=O) groups excluding carboxylic acids is 1. The SMILES string of the molecule is CN(C(=O)OC(C)(C)C)C1CCC(Oc2ncnc3sc4c(c23)[C@@H](CCC#N)CC4)CC1. The number of nitriles is 1. The number of hydrogen-bond acceptors (Lipinski definition) is 7. The third-order valence-corrected chi connectivity index (χ3v) is 7.62. The Kier molecular flexibility index (Phi) is 6.57. The molecule has 4 rings (SSSR count). The predicted molar refractivity (Wildman–Crippen MR) is 124 cm³/mol. The van der Waals surface area contributed by atoms with Crippen LogP contribution in [0.2, 0.25) is 0 Å². The molecule has 7 nitrogen and oxygen atoms in total. The van der Waals surface area contributed by atoms with E-state index in [4.69, 9.17) is 14.7 Å². The number of aromatic nitrogens is 2. The Bertz CT molecular complexity index is 1010. The molecule has 0 aromatic carbocycles. The van der Waals surface area contributed by atoms with Crippen LogP contribution >= 0.6 is 11.3 Å². The standard InChI is InChI=1S/C24H32N4O3S/c1-24(2,3)31-23(29)28(4)16-8-10-17(11-9-16)30-21-20-19-15(6-5-13-25)7-12-18(19)32-22(20)27-14-26-21/h14-17H,5-12H2,1-4H3/t15-,16?,17?/m0/s1. The summed E-state index contributed by atoms with van der Waals surface area (Å²) in [6, 6.07) is 2.45. The zero-order valence-electron chi connectivity index (χ0n) is 19.4. The van der Waals surface area contributed by atoms with Gasteiger partial charge in [-0.2, -0.15) is 5.26 Å². The highest BCUT2D eigenvalue weighted by atomic mass is 32.1. The van der Waals surface area contributed by atoms with Crippen LogP contribution in [0.15, 0.2) is 6.33 Å². The van der Waals surface area contributed by atoms with Crippen molar-refractivity contribution in [3.63, 3.8) is 0 Å². The van der Waals surface area contributed by atoms with Gasteiger partial charge < -0.3 is 14.4 Å². The lowest BCUT2D eigenvalue weighted by molar-refractivity contribution is 0.0138. The van der Waals surface area contributed by atoms with Crippen molar-refractivity contribution in [1.82, 2.24) is 14.9 Å². The van der Waals surface area contributed by atoms with Gasteiger partial charge in [0.25, 0.3) is 0 Å². The van der Waals surface area contributed by atoms with Crippen LogP contribution in [-0.4, -0.2) is 45.8 Å². The number of nitrogens with zero attached hydrogens (tertiary/aromatic N) is 4. The van der Waals surface area contributed by atoms with E-state index in [2.05, 4.69) is 16.0 Å². The molecular formula is C24H32N4O3S. The van der Waals surface area contributed by atoms with Gasteiger partial charge >= 0.3 is 6.09 Å². The van der Waals surface area contributed by atoms with E-state index in [-0.39, 0.29) is 18.2 Å². The molecule has 0 aliphatic heterocycles. The van der Waals surface area contributed by atoms with Gasteiger partial charge in [-0.15, -0.1) is 11.3 Å². The second-order valence-electron chi connectivity index (χ2n) is 9.87. The van der Waals surface area contributed by atoms with E-state index in [1.165, 1.54) is 10.4 Å². The maximum absolute atomic E-state index is 12.4. The number of aryl methyl sites for hydroxylation is 1. The highest BCUT2D eigenvalue weighted by Crippen LogP contribution is 2.47. The lowest BCUT2D eigenvalue weighted by atomic mass is 9.92. The Morgan fingerprint density at radius 2 is 2.00 bits per heavy atom. The first kappa shape index (κ1) is 22.8. The summed E-state index contributed by atoms with van der Waals surface area (Å²) in [7, 11) is 1.82. The number of rotatable bonds is 5. The molecule has 2 aromatic heterocycles. The topological polar surface area (TPSA) is 88.3 Å². The maximum atomic E-state index is 12.4. The molecular weight excluding hydrogens is 424 g/mol. The van der Waals surface area contributed by atoms with Crippen LogP contribution in [0.3, 0.4) is 0 Å². The van der Waals surface area contributed by atoms with Crippen molar-refractivity contribution in [3.8, 4) is 11.9 Å². The zero-order valence-corrected chi connectivity index (χ0v) is 20.2. The smallest absolute Gasteiger partial charge is 0.410 e. The molecule has 1 amide bonds. The van der Waals surface area contributed by atoms with E-state index in [9.17, 15) is 4.79 Å². The summed E-state index contributed by atoms with van der Waals surface area (Å²) in [6.45, 7) is 5.66. The fourth-order valence-electron chi connectivity index (χ4n) is 4.85. The summed E-state index contributed by atoms with van der Waals surface area (Å²) in [4.78, 5) is 25.5. The Balaban J connectivity index is 1.43. The second-order valence-corrected chi connectivity index (χ2v) is 11.0. The van der Waals surface area contributed by atoms with Crippen LogP contribution in [0.25, 0.3) is 10.2 Å². The summed E-state index contributed by atoms with van der Waals surface area (Å²) in [5.41, 5.74) is 0.824. The number of amides is 1. The molecule has 0 radical (unpaired) electrons. The largest absolute Gasteiger partial charge is 0.474 e. The van der Waals surface area contributed by atoms with Crippen LogP contribution in [-0.2, 0) is 11.2 Å². The third-order valence-electron chi connectivity index (χ3n) is 6.45. The first-order valence-electron chi connectivity index (χ1n) is 11.5. The molecule has 1 fully saturated rings. The average molecular weight is 457 g/mol. The fourth-order valence-corrected chi connectivity index (χ4v) is 6.08. The number of ether oxygens (including phenoxy) is 2.